The van der Waals surface area contributed by atoms with Gasteiger partial charge in [-0.2, -0.15) is 21.1 Å². The fourth-order valence-electron chi connectivity index (χ4n) is 4.53. The van der Waals surface area contributed by atoms with Crippen molar-refractivity contribution in [3.05, 3.63) is 52.7 Å². The van der Waals surface area contributed by atoms with Gasteiger partial charge in [0.15, 0.2) is 16.7 Å². The third-order valence-corrected chi connectivity index (χ3v) is 9.04. The van der Waals surface area contributed by atoms with Gasteiger partial charge in [-0.15, -0.1) is 0 Å². The number of rotatable bonds is 12. The minimum Gasteiger partial charge on any atom is -0.477 e. The molecule has 1 fully saturated rings. The number of β-lactam (4-membered cyclic amide) rings is 1. The summed E-state index contributed by atoms with van der Waals surface area (Å²) < 4.78 is 9.28. The number of carbonyl (C=O) groups is 4. The lowest BCUT2D eigenvalue weighted by Gasteiger charge is -2.50. The summed E-state index contributed by atoms with van der Waals surface area (Å²) in [5, 5.41) is 15.7. The molecular weight excluding hydrogens is 641 g/mol. The number of fused-ring (bicyclic) bond motifs is 1. The van der Waals surface area contributed by atoms with Gasteiger partial charge in [-0.05, 0) is 52.7 Å². The van der Waals surface area contributed by atoms with Gasteiger partial charge in [0.05, 0.1) is 11.7 Å². The molecule has 4 rings (SSSR count). The number of carbonyl (C=O) groups excluding carboxylic acids is 3. The van der Waals surface area contributed by atoms with Crippen LogP contribution in [0.15, 0.2) is 51.1 Å². The topological polar surface area (TPSA) is 202 Å². The summed E-state index contributed by atoms with van der Waals surface area (Å²) >= 11 is 3.73. The maximum atomic E-state index is 13.3. The van der Waals surface area contributed by atoms with Crippen LogP contribution in [0.2, 0.25) is 0 Å². The van der Waals surface area contributed by atoms with E-state index >= 15 is 0 Å². The van der Waals surface area contributed by atoms with Crippen molar-refractivity contribution in [2.45, 2.75) is 68.9 Å². The predicted octanol–water partition coefficient (Wildman–Crippen LogP) is 3.17. The van der Waals surface area contributed by atoms with Crippen LogP contribution in [-0.4, -0.2) is 83.9 Å². The van der Waals surface area contributed by atoms with E-state index in [0.29, 0.717) is 41.5 Å². The molecule has 17 heteroatoms. The number of aliphatic imine (C=N–C) groups is 1. The van der Waals surface area contributed by atoms with E-state index < -0.39 is 41.6 Å². The molecule has 4 heterocycles. The Bertz CT molecular complexity index is 1570. The number of aliphatic carboxylic acids is 1. The zero-order valence-corrected chi connectivity index (χ0v) is 27.6. The standard InChI is InChI=1S/C28H34N8O6S3/c1-14(2)32-20(22-34-26(29)45-35-22)23(37)33-19-16-8-9-18(21(25(39)40)36(16)24(19)38)44-17-7-6-10-30-15(17)13-43-12-11-31-27(41)42-28(3,4)5/h6-7,10,16,19H,1,8-9,11-13H2,2-5H3,(H,31,41)(H,33,37)(H,39,40)(H2,29,34,35). The zero-order valence-electron chi connectivity index (χ0n) is 25.2. The first-order valence-corrected chi connectivity index (χ1v) is 16.6. The van der Waals surface area contributed by atoms with Crippen LogP contribution in [0.1, 0.15) is 52.1 Å². The van der Waals surface area contributed by atoms with Crippen LogP contribution in [0.5, 0.6) is 0 Å². The molecule has 1 saturated heterocycles. The van der Waals surface area contributed by atoms with Gasteiger partial charge in [0.1, 0.15) is 17.3 Å². The number of thioether (sulfide) groups is 2. The number of pyridine rings is 1. The van der Waals surface area contributed by atoms with Gasteiger partial charge in [0.25, 0.3) is 11.8 Å². The average molecular weight is 675 g/mol. The SMILES string of the molecule is C=C(C)N=C(C(=O)NC1C(=O)N2C(C(=O)O)=C(Sc3cccnc3CSCCNC(=O)OC(C)(C)C)CCC12)c1nsc(N)n1. The van der Waals surface area contributed by atoms with Crippen LogP contribution in [-0.2, 0) is 24.9 Å². The van der Waals surface area contributed by atoms with Crippen LogP contribution in [0.25, 0.3) is 0 Å². The Hall–Kier alpha value is -3.96. The molecule has 0 radical (unpaired) electrons. The first kappa shape index (κ1) is 33.9. The number of hydrogen-bond acceptors (Lipinski definition) is 13. The number of carboxylic acids is 1. The van der Waals surface area contributed by atoms with Gasteiger partial charge in [0, 0.05) is 51.3 Å². The number of nitrogens with one attached hydrogen (secondary N) is 2. The molecule has 0 saturated carbocycles. The monoisotopic (exact) mass is 674 g/mol. The molecular formula is C28H34N8O6S3. The normalized spacial score (nSPS) is 18.2. The van der Waals surface area contributed by atoms with Crippen molar-refractivity contribution in [2.75, 3.05) is 18.0 Å². The maximum Gasteiger partial charge on any atom is 0.407 e. The number of amides is 3. The Kier molecular flexibility index (Phi) is 10.9. The third-order valence-electron chi connectivity index (χ3n) is 6.29. The molecule has 0 spiro atoms. The molecule has 3 amide bonds. The minimum absolute atomic E-state index is 0.0137. The van der Waals surface area contributed by atoms with E-state index in [1.807, 2.05) is 6.07 Å². The lowest BCUT2D eigenvalue weighted by atomic mass is 9.86. The van der Waals surface area contributed by atoms with E-state index in [0.717, 1.165) is 22.1 Å². The molecule has 2 atom stereocenters. The predicted molar refractivity (Wildman–Crippen MR) is 173 cm³/mol. The van der Waals surface area contributed by atoms with E-state index in [-0.39, 0.29) is 22.4 Å². The fourth-order valence-corrected chi connectivity index (χ4v) is 7.02. The van der Waals surface area contributed by atoms with Crippen molar-refractivity contribution in [1.29, 1.82) is 0 Å². The van der Waals surface area contributed by atoms with Crippen molar-refractivity contribution in [2.24, 2.45) is 4.99 Å². The molecule has 5 N–H and O–H groups in total. The number of nitrogen functional groups attached to an aromatic ring is 1. The summed E-state index contributed by atoms with van der Waals surface area (Å²) in [4.78, 5) is 65.9. The van der Waals surface area contributed by atoms with Gasteiger partial charge in [-0.3, -0.25) is 19.5 Å². The lowest BCUT2D eigenvalue weighted by Crippen LogP contribution is -2.72. The highest BCUT2D eigenvalue weighted by molar-refractivity contribution is 8.03. The van der Waals surface area contributed by atoms with Crippen LogP contribution in [0, 0.1) is 0 Å². The smallest absolute Gasteiger partial charge is 0.407 e. The molecule has 45 heavy (non-hydrogen) atoms. The number of hydrogen-bond donors (Lipinski definition) is 4. The summed E-state index contributed by atoms with van der Waals surface area (Å²) in [7, 11) is 0. The van der Waals surface area contributed by atoms with E-state index in [1.54, 1.807) is 51.7 Å². The Morgan fingerprint density at radius 1 is 1.33 bits per heavy atom. The molecule has 2 aliphatic heterocycles. The molecule has 2 unspecified atom stereocenters. The Labute approximate surface area is 272 Å². The summed E-state index contributed by atoms with van der Waals surface area (Å²) in [6.45, 7) is 11.1. The van der Waals surface area contributed by atoms with Gasteiger partial charge in [0.2, 0.25) is 0 Å². The average Bonchev–Trinajstić information content (AvgIpc) is 3.39. The first-order chi connectivity index (χ1) is 21.2. The second-order valence-electron chi connectivity index (χ2n) is 11.0. The van der Waals surface area contributed by atoms with Crippen molar-refractivity contribution in [3.63, 3.8) is 0 Å². The van der Waals surface area contributed by atoms with E-state index in [4.69, 9.17) is 10.5 Å². The number of carboxylic acid groups (broad SMARTS) is 1. The van der Waals surface area contributed by atoms with Gasteiger partial charge >= 0.3 is 12.1 Å². The number of anilines is 1. The highest BCUT2D eigenvalue weighted by Crippen LogP contribution is 2.44. The van der Waals surface area contributed by atoms with Gasteiger partial charge in [-0.1, -0.05) is 18.3 Å². The highest BCUT2D eigenvalue weighted by atomic mass is 32.2. The van der Waals surface area contributed by atoms with Crippen LogP contribution >= 0.6 is 35.1 Å². The van der Waals surface area contributed by atoms with E-state index in [2.05, 4.69) is 36.5 Å². The van der Waals surface area contributed by atoms with Crippen molar-refractivity contribution >= 4 is 69.8 Å². The van der Waals surface area contributed by atoms with Crippen molar-refractivity contribution in [3.8, 4) is 0 Å². The molecule has 0 aliphatic carbocycles. The number of nitrogens with two attached hydrogens (primary N) is 1. The lowest BCUT2D eigenvalue weighted by molar-refractivity contribution is -0.155. The number of ether oxygens (including phenoxy) is 1. The number of aromatic nitrogens is 3. The van der Waals surface area contributed by atoms with Gasteiger partial charge in [-0.25, -0.2) is 14.6 Å². The first-order valence-electron chi connectivity index (χ1n) is 13.9. The van der Waals surface area contributed by atoms with E-state index in [1.165, 1.54) is 16.7 Å². The molecule has 0 aromatic carbocycles. The van der Waals surface area contributed by atoms with E-state index in [9.17, 15) is 24.3 Å². The maximum absolute atomic E-state index is 13.3. The fraction of sp³-hybridized carbons (Fsp3) is 0.429. The summed E-state index contributed by atoms with van der Waals surface area (Å²) in [5.41, 5.74) is 5.93. The summed E-state index contributed by atoms with van der Waals surface area (Å²) in [6, 6.07) is 2.14. The zero-order chi connectivity index (χ0) is 32.9. The quantitative estimate of drug-likeness (QED) is 0.146. The number of nitrogens with zero attached hydrogens (tertiary/aromatic N) is 5. The minimum atomic E-state index is -1.24. The Morgan fingerprint density at radius 3 is 2.73 bits per heavy atom. The van der Waals surface area contributed by atoms with Crippen LogP contribution < -0.4 is 16.4 Å². The second-order valence-corrected chi connectivity index (χ2v) is 14.1. The molecule has 2 aliphatic rings. The Balaban J connectivity index is 1.42. The molecule has 14 nitrogen and oxygen atoms in total. The molecule has 2 aromatic heterocycles. The highest BCUT2D eigenvalue weighted by Gasteiger charge is 2.54. The Morgan fingerprint density at radius 2 is 2.09 bits per heavy atom. The van der Waals surface area contributed by atoms with Gasteiger partial charge < -0.3 is 26.2 Å². The number of allylic oxidation sites excluding steroid dienone is 2. The third kappa shape index (κ3) is 8.61. The van der Waals surface area contributed by atoms with Crippen molar-refractivity contribution < 1.29 is 29.0 Å². The largest absolute Gasteiger partial charge is 0.477 e. The van der Waals surface area contributed by atoms with Crippen LogP contribution in [0.4, 0.5) is 9.93 Å². The summed E-state index contributed by atoms with van der Waals surface area (Å²) in [5.74, 6) is -1.30. The number of alkyl carbamates (subject to hydrolysis) is 1. The van der Waals surface area contributed by atoms with Crippen LogP contribution in [0.3, 0.4) is 0 Å². The molecule has 2 aromatic rings. The summed E-state index contributed by atoms with van der Waals surface area (Å²) in [6.07, 6.45) is 2.00. The van der Waals surface area contributed by atoms with Crippen molar-refractivity contribution in [1.82, 2.24) is 29.9 Å². The second kappa shape index (κ2) is 14.4. The molecule has 0 bridgehead atoms. The molecule has 240 valence electrons.